The average Bonchev–Trinajstić information content (AvgIpc) is 3.11. The molecule has 2 aromatic carbocycles. The molecule has 0 spiro atoms. The molecule has 146 valence electrons. The molecule has 0 amide bonds. The summed E-state index contributed by atoms with van der Waals surface area (Å²) in [5, 5.41) is 3.04. The fourth-order valence-corrected chi connectivity index (χ4v) is 3.86. The van der Waals surface area contributed by atoms with Gasteiger partial charge in [-0.2, -0.15) is 0 Å². The molecule has 29 heavy (non-hydrogen) atoms. The number of aryl methyl sites for hydroxylation is 2. The molecule has 0 unspecified atom stereocenters. The summed E-state index contributed by atoms with van der Waals surface area (Å²) in [6, 6.07) is 17.0. The van der Waals surface area contributed by atoms with E-state index in [-0.39, 0.29) is 28.3 Å². The Morgan fingerprint density at radius 3 is 2.24 bits per heavy atom. The van der Waals surface area contributed by atoms with Gasteiger partial charge in [0.25, 0.3) is 5.56 Å². The topological polar surface area (TPSA) is 71.9 Å². The van der Waals surface area contributed by atoms with Crippen molar-refractivity contribution in [2.45, 2.75) is 27.2 Å². The normalized spacial score (nSPS) is 18.9. The highest BCUT2D eigenvalue weighted by Crippen LogP contribution is 2.38. The molecule has 0 aliphatic heterocycles. The molecule has 0 fully saturated rings. The van der Waals surface area contributed by atoms with E-state index in [2.05, 4.69) is 5.10 Å². The highest BCUT2D eigenvalue weighted by molar-refractivity contribution is 6.39. The molecule has 1 heterocycles. The third-order valence-electron chi connectivity index (χ3n) is 5.60. The van der Waals surface area contributed by atoms with Gasteiger partial charge in [-0.25, -0.2) is 4.68 Å². The number of rotatable bonds is 4. The van der Waals surface area contributed by atoms with Gasteiger partial charge in [0.15, 0.2) is 11.6 Å². The minimum Gasteiger partial charge on any atom is -0.295 e. The number of hydrogen-bond acceptors (Lipinski definition) is 3. The number of ketones is 2. The molecule has 3 aromatic rings. The molecule has 0 bridgehead atoms. The number of Topliss-reactive ketones (excluding diaryl/α,β-unsaturated/α-hetero) is 1. The van der Waals surface area contributed by atoms with E-state index in [0.29, 0.717) is 17.8 Å². The Kier molecular flexibility index (Phi) is 4.46. The Bertz CT molecular complexity index is 1200. The summed E-state index contributed by atoms with van der Waals surface area (Å²) in [6.45, 7) is 5.38. The standard InChI is InChI=1S/C24H22N2O3/c1-15-9-11-18(12-10-15)26-23(29)21(16(2)25-26)19-13-20(27)24(3,22(19)28)14-17-7-5-4-6-8-17/h4-13,25H,14H2,1-3H3/t24-/m1/s1. The van der Waals surface area contributed by atoms with Crippen LogP contribution in [0.15, 0.2) is 65.5 Å². The van der Waals surface area contributed by atoms with Gasteiger partial charge in [0.1, 0.15) is 0 Å². The Labute approximate surface area is 168 Å². The first kappa shape index (κ1) is 18.9. The summed E-state index contributed by atoms with van der Waals surface area (Å²) in [7, 11) is 0. The predicted octanol–water partition coefficient (Wildman–Crippen LogP) is 3.57. The van der Waals surface area contributed by atoms with E-state index in [1.54, 1.807) is 13.8 Å². The van der Waals surface area contributed by atoms with Crippen LogP contribution < -0.4 is 5.56 Å². The maximum absolute atomic E-state index is 13.3. The third kappa shape index (κ3) is 3.09. The highest BCUT2D eigenvalue weighted by Gasteiger charge is 2.47. The summed E-state index contributed by atoms with van der Waals surface area (Å²) in [5.74, 6) is -0.565. The van der Waals surface area contributed by atoms with Gasteiger partial charge in [-0.1, -0.05) is 48.0 Å². The zero-order valence-corrected chi connectivity index (χ0v) is 16.7. The Morgan fingerprint density at radius 2 is 1.59 bits per heavy atom. The second-order valence-electron chi connectivity index (χ2n) is 7.83. The quantitative estimate of drug-likeness (QED) is 0.697. The van der Waals surface area contributed by atoms with E-state index in [4.69, 9.17) is 0 Å². The molecule has 5 heteroatoms. The molecule has 0 saturated heterocycles. The number of carbonyl (C=O) groups is 2. The Hall–Kier alpha value is -3.47. The van der Waals surface area contributed by atoms with Crippen molar-refractivity contribution in [1.29, 1.82) is 0 Å². The van der Waals surface area contributed by atoms with Crippen LogP contribution in [0, 0.1) is 19.3 Å². The van der Waals surface area contributed by atoms with Gasteiger partial charge in [0.05, 0.1) is 16.7 Å². The zero-order chi connectivity index (χ0) is 20.8. The van der Waals surface area contributed by atoms with Crippen LogP contribution in [0.3, 0.4) is 0 Å². The van der Waals surface area contributed by atoms with Crippen LogP contribution in [0.1, 0.15) is 29.3 Å². The van der Waals surface area contributed by atoms with E-state index in [1.807, 2.05) is 61.5 Å². The van der Waals surface area contributed by atoms with Crippen LogP contribution in [-0.2, 0) is 16.0 Å². The Morgan fingerprint density at radius 1 is 0.931 bits per heavy atom. The summed E-state index contributed by atoms with van der Waals surface area (Å²) in [6.07, 6.45) is 1.64. The van der Waals surface area contributed by atoms with Crippen molar-refractivity contribution < 1.29 is 9.59 Å². The van der Waals surface area contributed by atoms with Crippen molar-refractivity contribution in [3.8, 4) is 5.69 Å². The fourth-order valence-electron chi connectivity index (χ4n) is 3.86. The van der Waals surface area contributed by atoms with Crippen molar-refractivity contribution in [1.82, 2.24) is 9.78 Å². The van der Waals surface area contributed by atoms with Gasteiger partial charge < -0.3 is 0 Å². The molecular formula is C24H22N2O3. The number of carbonyl (C=O) groups excluding carboxylic acids is 2. The van der Waals surface area contributed by atoms with E-state index in [1.165, 1.54) is 10.8 Å². The monoisotopic (exact) mass is 386 g/mol. The number of hydrogen-bond donors (Lipinski definition) is 1. The number of nitrogens with one attached hydrogen (secondary N) is 1. The summed E-state index contributed by atoms with van der Waals surface area (Å²) in [5.41, 5.74) is 2.17. The summed E-state index contributed by atoms with van der Waals surface area (Å²) in [4.78, 5) is 39.2. The van der Waals surface area contributed by atoms with E-state index in [0.717, 1.165) is 11.1 Å². The second kappa shape index (κ2) is 6.85. The highest BCUT2D eigenvalue weighted by atomic mass is 16.2. The maximum atomic E-state index is 13.3. The van der Waals surface area contributed by atoms with Crippen molar-refractivity contribution in [3.05, 3.63) is 93.4 Å². The van der Waals surface area contributed by atoms with Crippen LogP contribution in [0.25, 0.3) is 11.3 Å². The molecule has 1 atom stereocenters. The van der Waals surface area contributed by atoms with Crippen LogP contribution in [0.4, 0.5) is 0 Å². The third-order valence-corrected chi connectivity index (χ3v) is 5.60. The van der Waals surface area contributed by atoms with Crippen LogP contribution in [0.2, 0.25) is 0 Å². The molecule has 5 nitrogen and oxygen atoms in total. The van der Waals surface area contributed by atoms with E-state index in [9.17, 15) is 14.4 Å². The van der Waals surface area contributed by atoms with Crippen molar-refractivity contribution in [3.63, 3.8) is 0 Å². The Balaban J connectivity index is 1.74. The lowest BCUT2D eigenvalue weighted by Gasteiger charge is -2.21. The van der Waals surface area contributed by atoms with Crippen LogP contribution in [-0.4, -0.2) is 21.3 Å². The lowest BCUT2D eigenvalue weighted by molar-refractivity contribution is -0.131. The molecule has 1 aliphatic rings. The minimum atomic E-state index is -1.19. The minimum absolute atomic E-state index is 0.193. The van der Waals surface area contributed by atoms with Crippen LogP contribution >= 0.6 is 0 Å². The number of H-pyrrole nitrogens is 1. The van der Waals surface area contributed by atoms with Crippen molar-refractivity contribution in [2.24, 2.45) is 5.41 Å². The number of allylic oxidation sites excluding steroid dienone is 2. The average molecular weight is 386 g/mol. The fraction of sp³-hybridized carbons (Fsp3) is 0.208. The maximum Gasteiger partial charge on any atom is 0.279 e. The van der Waals surface area contributed by atoms with E-state index < -0.39 is 5.41 Å². The molecule has 1 aromatic heterocycles. The zero-order valence-electron chi connectivity index (χ0n) is 16.7. The smallest absolute Gasteiger partial charge is 0.279 e. The first-order valence-electron chi connectivity index (χ1n) is 9.55. The largest absolute Gasteiger partial charge is 0.295 e. The van der Waals surface area contributed by atoms with Gasteiger partial charge >= 0.3 is 0 Å². The van der Waals surface area contributed by atoms with Gasteiger partial charge in [-0.15, -0.1) is 0 Å². The van der Waals surface area contributed by atoms with Crippen LogP contribution in [0.5, 0.6) is 0 Å². The van der Waals surface area contributed by atoms with Gasteiger partial charge in [-0.3, -0.25) is 19.5 Å². The number of aromatic amines is 1. The first-order valence-corrected chi connectivity index (χ1v) is 9.55. The second-order valence-corrected chi connectivity index (χ2v) is 7.83. The SMILES string of the molecule is Cc1ccc(-n2[nH]c(C)c(C3=CC(=O)[C@@](C)(Cc4ccccc4)C3=O)c2=O)cc1. The number of aromatic nitrogens is 2. The van der Waals surface area contributed by atoms with Gasteiger partial charge in [0.2, 0.25) is 0 Å². The lowest BCUT2D eigenvalue weighted by Crippen LogP contribution is -2.33. The van der Waals surface area contributed by atoms with Crippen molar-refractivity contribution >= 4 is 17.1 Å². The summed E-state index contributed by atoms with van der Waals surface area (Å²) < 4.78 is 1.41. The molecule has 1 aliphatic carbocycles. The molecule has 0 radical (unpaired) electrons. The molecule has 0 saturated carbocycles. The molecule has 1 N–H and O–H groups in total. The molecular weight excluding hydrogens is 364 g/mol. The van der Waals surface area contributed by atoms with Gasteiger partial charge in [-0.05, 0) is 51.0 Å². The number of benzene rings is 2. The van der Waals surface area contributed by atoms with Gasteiger partial charge in [0, 0.05) is 11.3 Å². The lowest BCUT2D eigenvalue weighted by atomic mass is 9.78. The van der Waals surface area contributed by atoms with Crippen molar-refractivity contribution in [2.75, 3.05) is 0 Å². The molecule has 4 rings (SSSR count). The summed E-state index contributed by atoms with van der Waals surface area (Å²) >= 11 is 0. The predicted molar refractivity (Wildman–Crippen MR) is 112 cm³/mol. The first-order chi connectivity index (χ1) is 13.8. The number of nitrogens with zero attached hydrogens (tertiary/aromatic N) is 1. The van der Waals surface area contributed by atoms with E-state index >= 15 is 0 Å².